The molecule has 4 unspecified atom stereocenters. The molecule has 0 bridgehead atoms. The maximum atomic E-state index is 11.5. The largest absolute Gasteiger partial charge is 0.497 e. The van der Waals surface area contributed by atoms with Crippen molar-refractivity contribution in [2.75, 3.05) is 69.4 Å². The van der Waals surface area contributed by atoms with Crippen LogP contribution in [-0.2, 0) is 79.1 Å². The van der Waals surface area contributed by atoms with Gasteiger partial charge in [-0.15, -0.1) is 0 Å². The Morgan fingerprint density at radius 2 is 0.802 bits per heavy atom. The summed E-state index contributed by atoms with van der Waals surface area (Å²) in [4.78, 5) is 47.1. The van der Waals surface area contributed by atoms with E-state index in [1.165, 1.54) is 72.7 Å². The summed E-state index contributed by atoms with van der Waals surface area (Å²) in [6.07, 6.45) is 30.9. The van der Waals surface area contributed by atoms with E-state index < -0.39 is 5.97 Å². The Balaban J connectivity index is 0.000000144. The van der Waals surface area contributed by atoms with Crippen LogP contribution in [-0.4, -0.2) is 176 Å². The van der Waals surface area contributed by atoms with Crippen molar-refractivity contribution in [2.45, 2.75) is 166 Å². The van der Waals surface area contributed by atoms with E-state index in [0.717, 1.165) is 154 Å². The predicted octanol–water partition coefficient (Wildman–Crippen LogP) is 10.3. The monoisotopic (exact) mass is 1510 g/mol. The molecule has 7 heterocycles. The van der Waals surface area contributed by atoms with E-state index in [1.54, 1.807) is 45.4 Å². The molecule has 11 aromatic rings. The number of pyridine rings is 3. The molecule has 0 radical (unpaired) electrons. The van der Waals surface area contributed by atoms with Gasteiger partial charge in [-0.2, -0.15) is 20.4 Å². The van der Waals surface area contributed by atoms with E-state index in [4.69, 9.17) is 51.0 Å². The number of nitrogen functional groups attached to an aromatic ring is 1. The average Bonchev–Trinajstić information content (AvgIpc) is 1.67. The van der Waals surface area contributed by atoms with Crippen LogP contribution in [0.15, 0.2) is 158 Å². The number of Topliss-reactive ketones (excluding diaryl/α,β-unsaturated/α-hetero) is 2. The van der Waals surface area contributed by atoms with Gasteiger partial charge in [0.1, 0.15) is 34.6 Å². The number of hydrogen-bond acceptors (Lipinski definition) is 21. The van der Waals surface area contributed by atoms with E-state index in [2.05, 4.69) is 82.7 Å². The zero-order valence-electron chi connectivity index (χ0n) is 65.9. The number of benzene rings is 4. The minimum atomic E-state index is -0.833. The predicted molar refractivity (Wildman–Crippen MR) is 436 cm³/mol. The molecule has 0 saturated heterocycles. The third kappa shape index (κ3) is 23.1. The molecule has 0 aliphatic heterocycles. The lowest BCUT2D eigenvalue weighted by Crippen LogP contribution is -2.32. The Bertz CT molecular complexity index is 4680. The number of methoxy groups -OCH3 is 4. The normalized spacial score (nSPS) is 17.4. The second-order valence-corrected chi connectivity index (χ2v) is 28.8. The van der Waals surface area contributed by atoms with Gasteiger partial charge in [0.2, 0.25) is 0 Å². The van der Waals surface area contributed by atoms with E-state index in [-0.39, 0.29) is 12.1 Å². The molecule has 7 aromatic heterocycles. The van der Waals surface area contributed by atoms with Crippen LogP contribution in [0, 0.1) is 0 Å². The molecular weight excluding hydrogens is 1400 g/mol. The lowest BCUT2D eigenvalue weighted by molar-refractivity contribution is -0.134. The van der Waals surface area contributed by atoms with E-state index in [1.807, 2.05) is 158 Å². The fourth-order valence-electron chi connectivity index (χ4n) is 14.4. The van der Waals surface area contributed by atoms with Crippen LogP contribution in [0.3, 0.4) is 0 Å². The second-order valence-electron chi connectivity index (χ2n) is 28.8. The number of aryl methyl sites for hydroxylation is 3. The first-order chi connectivity index (χ1) is 53.7. The van der Waals surface area contributed by atoms with E-state index in [9.17, 15) is 9.59 Å². The number of ether oxygens (including phenoxy) is 4. The highest BCUT2D eigenvalue weighted by Gasteiger charge is 2.26. The number of anilines is 1. The number of nitrogens with two attached hydrogens (primary N) is 3. The molecular formula is C85H110N18O8. The molecule has 2 saturated carbocycles. The number of hydrogen-bond donors (Lipinski definition) is 7. The molecule has 4 atom stereocenters. The molecule has 26 nitrogen and oxygen atoms in total. The minimum absolute atomic E-state index is 0.260. The summed E-state index contributed by atoms with van der Waals surface area (Å²) in [7, 11) is 16.5. The molecule has 5 aliphatic carbocycles. The van der Waals surface area contributed by atoms with Gasteiger partial charge in [0.15, 0.2) is 22.7 Å². The van der Waals surface area contributed by atoms with Gasteiger partial charge in [0.05, 0.1) is 79.4 Å². The van der Waals surface area contributed by atoms with Crippen LogP contribution >= 0.6 is 0 Å². The maximum absolute atomic E-state index is 11.5. The standard InChI is InChI=1S/C19H22N4O.2C18H20N4O.C11H13N3O.C10H18N2O.C7H13NO.C2H4O2/c1-20-15-5-8-17-14(9-15)10-21-19-18(17)11-22-23(19)12-13-3-6-16(24-2)7-4-13;2*1-23-15-5-2-12(3-6-15)11-22-18-17(10-21-22)16-7-4-14(19)8-13(16)9-20-18;1-15-10-4-2-9(3-5-10)8-14-11(12)6-7-13-14;1-11-9-4-5-10(13)8(6-9)7-12(2)3;1-8-6-2-4-7(9)5-3-6;1-2(3)4/h3-4,6-7,10-11,15,20H,5,8-9,12H2,1-2H3;2*2-3,5-6,9-10,14H,4,7-8,11,19H2,1H3;2-7H,8,12H2,1H3;7,9,11H,4-6H2,1-3H3;6,8H,2-5H2,1H3;1H3,(H,3,4)/b;;;;8-7+;;. The summed E-state index contributed by atoms with van der Waals surface area (Å²) < 4.78 is 28.4. The number of carboxylic acid groups (broad SMARTS) is 1. The number of aromatic nitrogens is 11. The van der Waals surface area contributed by atoms with Crippen molar-refractivity contribution in [1.82, 2.24) is 74.9 Å². The number of likely N-dealkylation sites (N-methyl/N-ethyl adjacent to an activating group) is 1. The maximum Gasteiger partial charge on any atom is 0.300 e. The van der Waals surface area contributed by atoms with Gasteiger partial charge < -0.3 is 62.1 Å². The van der Waals surface area contributed by atoms with Gasteiger partial charge in [-0.25, -0.2) is 33.7 Å². The van der Waals surface area contributed by atoms with E-state index >= 15 is 0 Å². The molecule has 0 amide bonds. The summed E-state index contributed by atoms with van der Waals surface area (Å²) in [5, 5.41) is 38.5. The van der Waals surface area contributed by atoms with Gasteiger partial charge in [-0.1, -0.05) is 48.5 Å². The first-order valence-electron chi connectivity index (χ1n) is 38.2. The highest BCUT2D eigenvalue weighted by atomic mass is 16.5. The first kappa shape index (κ1) is 82.6. The fourth-order valence-corrected chi connectivity index (χ4v) is 14.4. The van der Waals surface area contributed by atoms with Crippen LogP contribution in [0.2, 0.25) is 0 Å². The summed E-state index contributed by atoms with van der Waals surface area (Å²) in [6.45, 7) is 3.90. The number of nitrogens with one attached hydrogen (secondary N) is 3. The first-order valence-corrected chi connectivity index (χ1v) is 38.2. The third-order valence-electron chi connectivity index (χ3n) is 20.7. The van der Waals surface area contributed by atoms with Gasteiger partial charge in [-0.05, 0) is 215 Å². The topological polar surface area (TPSA) is 336 Å². The third-order valence-corrected chi connectivity index (χ3v) is 20.7. The average molecular weight is 1510 g/mol. The minimum Gasteiger partial charge on any atom is -0.497 e. The van der Waals surface area contributed by atoms with Gasteiger partial charge in [0, 0.05) is 117 Å². The lowest BCUT2D eigenvalue weighted by Gasteiger charge is -2.24. The van der Waals surface area contributed by atoms with Crippen molar-refractivity contribution in [2.24, 2.45) is 11.5 Å². The Morgan fingerprint density at radius 1 is 0.468 bits per heavy atom. The zero-order chi connectivity index (χ0) is 78.9. The molecule has 0 spiro atoms. The number of carboxylic acids is 1. The van der Waals surface area contributed by atoms with Crippen molar-refractivity contribution in [3.8, 4) is 23.0 Å². The molecule has 10 N–H and O–H groups in total. The number of carbonyl (C=O) groups is 3. The molecule has 111 heavy (non-hydrogen) atoms. The lowest BCUT2D eigenvalue weighted by atomic mass is 9.88. The van der Waals surface area contributed by atoms with Crippen molar-refractivity contribution in [3.05, 3.63) is 214 Å². The van der Waals surface area contributed by atoms with Crippen molar-refractivity contribution < 1.29 is 38.4 Å². The highest BCUT2D eigenvalue weighted by molar-refractivity contribution is 5.96. The smallest absolute Gasteiger partial charge is 0.300 e. The van der Waals surface area contributed by atoms with Crippen LogP contribution < -0.4 is 52.1 Å². The highest BCUT2D eigenvalue weighted by Crippen LogP contribution is 2.32. The number of aliphatic carboxylic acids is 1. The molecule has 2 fully saturated rings. The fraction of sp³-hybridized carbons (Fsp3) is 0.412. The molecule has 588 valence electrons. The summed E-state index contributed by atoms with van der Waals surface area (Å²) in [6, 6.07) is 36.0. The Hall–Kier alpha value is -10.9. The SMILES string of the molecule is CC(=O)O.CNC1CCC(=O)/C(=C/N(C)C)C1.CNC1CCC(=O)CC1.CNC1CCc2c(cnc3c2cnn3Cc2ccc(OC)cc2)C1.COc1ccc(Cn2ncc3c4c(cnc32)CC(N)CC4)cc1.COc1ccc(Cn2ncc3c4c(cnc32)CC(N)CC4)cc1.COc1ccc(Cn2nccc2N)cc1. The number of rotatable bonds is 16. The Kier molecular flexibility index (Phi) is 30.3. The Morgan fingerprint density at radius 3 is 1.14 bits per heavy atom. The second kappa shape index (κ2) is 40.7. The van der Waals surface area contributed by atoms with Crippen LogP contribution in [0.25, 0.3) is 33.1 Å². The van der Waals surface area contributed by atoms with Crippen LogP contribution in [0.1, 0.15) is 127 Å². The van der Waals surface area contributed by atoms with Gasteiger partial charge in [-0.3, -0.25) is 14.4 Å². The van der Waals surface area contributed by atoms with E-state index in [0.29, 0.717) is 61.6 Å². The zero-order valence-corrected chi connectivity index (χ0v) is 65.9. The molecule has 16 rings (SSSR count). The molecule has 26 heteroatoms. The van der Waals surface area contributed by atoms with Crippen molar-refractivity contribution >= 4 is 56.5 Å². The van der Waals surface area contributed by atoms with Crippen LogP contribution in [0.5, 0.6) is 23.0 Å². The Labute approximate surface area is 650 Å². The van der Waals surface area contributed by atoms with Crippen molar-refractivity contribution in [3.63, 3.8) is 0 Å². The number of fused-ring (bicyclic) bond motifs is 9. The number of carbonyl (C=O) groups excluding carboxylic acids is 2. The number of nitrogens with zero attached hydrogens (tertiary/aromatic N) is 12. The summed E-state index contributed by atoms with van der Waals surface area (Å²) in [5.74, 6) is 4.03. The summed E-state index contributed by atoms with van der Waals surface area (Å²) >= 11 is 0. The molecule has 5 aliphatic rings. The number of ketones is 2. The van der Waals surface area contributed by atoms with Gasteiger partial charge >= 0.3 is 0 Å². The summed E-state index contributed by atoms with van der Waals surface area (Å²) in [5.41, 5.74) is 34.5. The van der Waals surface area contributed by atoms with Crippen LogP contribution in [0.4, 0.5) is 5.82 Å². The van der Waals surface area contributed by atoms with Gasteiger partial charge in [0.25, 0.3) is 5.97 Å². The van der Waals surface area contributed by atoms with Crippen molar-refractivity contribution in [1.29, 1.82) is 0 Å². The quantitative estimate of drug-likeness (QED) is 0.0442. The molecule has 4 aromatic carbocycles.